The van der Waals surface area contributed by atoms with Crippen LogP contribution in [0, 0.1) is 11.8 Å². The monoisotopic (exact) mass is 135 g/mol. The molecule has 2 heteroatoms. The van der Waals surface area contributed by atoms with E-state index in [9.17, 15) is 9.59 Å². The van der Waals surface area contributed by atoms with Gasteiger partial charge in [-0.1, -0.05) is 5.92 Å². The minimum absolute atomic E-state index is 0.271. The Morgan fingerprint density at radius 1 is 1.50 bits per heavy atom. The van der Waals surface area contributed by atoms with E-state index in [4.69, 9.17) is 0 Å². The van der Waals surface area contributed by atoms with E-state index in [0.29, 0.717) is 0 Å². The fourth-order valence-electron chi connectivity index (χ4n) is 0.385. The lowest BCUT2D eigenvalue weighted by Gasteiger charge is -1.79. The molecule has 0 aromatic heterocycles. The summed E-state index contributed by atoms with van der Waals surface area (Å²) in [6.45, 7) is 3.06. The van der Waals surface area contributed by atoms with Gasteiger partial charge in [0.2, 0.25) is 12.1 Å². The summed E-state index contributed by atoms with van der Waals surface area (Å²) in [6, 6.07) is 0. The zero-order chi connectivity index (χ0) is 7.98. The van der Waals surface area contributed by atoms with Crippen molar-refractivity contribution >= 4 is 12.1 Å². The number of hydrogen-bond donors (Lipinski definition) is 0. The van der Waals surface area contributed by atoms with E-state index in [2.05, 4.69) is 11.8 Å². The maximum atomic E-state index is 10.6. The Hall–Kier alpha value is -1.36. The average molecular weight is 135 g/mol. The van der Waals surface area contributed by atoms with E-state index in [-0.39, 0.29) is 11.4 Å². The topological polar surface area (TPSA) is 34.1 Å². The van der Waals surface area contributed by atoms with Crippen LogP contribution in [0.5, 0.6) is 0 Å². The van der Waals surface area contributed by atoms with Crippen molar-refractivity contribution in [1.82, 2.24) is 0 Å². The van der Waals surface area contributed by atoms with Crippen molar-refractivity contribution in [2.45, 2.75) is 13.8 Å². The average Bonchev–Trinajstić information content (AvgIpc) is 1.88. The second kappa shape index (κ2) is 4.51. The fourth-order valence-corrected chi connectivity index (χ4v) is 0.385. The third-order valence-corrected chi connectivity index (χ3v) is 0.757. The van der Waals surface area contributed by atoms with Crippen molar-refractivity contribution < 1.29 is 9.59 Å². The molecule has 0 saturated carbocycles. The van der Waals surface area contributed by atoms with Crippen LogP contribution in [-0.2, 0) is 9.59 Å². The van der Waals surface area contributed by atoms with Crippen molar-refractivity contribution in [2.75, 3.05) is 0 Å². The summed E-state index contributed by atoms with van der Waals surface area (Å²) in [5.74, 6) is 4.33. The normalized spacial score (nSPS) is 9.60. The molecular weight excluding hydrogens is 128 g/mol. The second-order valence-electron chi connectivity index (χ2n) is 1.67. The number of hydrogen-bond acceptors (Lipinski definition) is 2. The predicted molar refractivity (Wildman–Crippen MR) is 37.9 cm³/mol. The summed E-state index contributed by atoms with van der Waals surface area (Å²) >= 11 is 0. The van der Waals surface area contributed by atoms with Crippen LogP contribution in [0.25, 0.3) is 0 Å². The molecule has 51 valence electrons. The van der Waals surface area contributed by atoms with Gasteiger partial charge in [0.15, 0.2) is 0 Å². The lowest BCUT2D eigenvalue weighted by Crippen LogP contribution is -1.88. The van der Waals surface area contributed by atoms with Gasteiger partial charge in [0.05, 0.1) is 0 Å². The van der Waals surface area contributed by atoms with Crippen LogP contribution < -0.4 is 0 Å². The van der Waals surface area contributed by atoms with Gasteiger partial charge >= 0.3 is 0 Å². The zero-order valence-corrected chi connectivity index (χ0v) is 5.89. The molecule has 0 N–H and O–H groups in total. The molecule has 0 unspecified atom stereocenters. The van der Waals surface area contributed by atoms with E-state index < -0.39 is 0 Å². The van der Waals surface area contributed by atoms with Crippen LogP contribution in [0.2, 0.25) is 0 Å². The van der Waals surface area contributed by atoms with Gasteiger partial charge in [-0.3, -0.25) is 9.59 Å². The number of rotatable bonds is 2. The van der Waals surface area contributed by atoms with E-state index in [1.165, 1.54) is 6.92 Å². The summed E-state index contributed by atoms with van der Waals surface area (Å²) in [5.41, 5.74) is 0.271. The number of allylic oxidation sites excluding steroid dienone is 2. The van der Waals surface area contributed by atoms with Gasteiger partial charge < -0.3 is 0 Å². The van der Waals surface area contributed by atoms with Crippen molar-refractivity contribution in [3.8, 4) is 11.8 Å². The highest BCUT2D eigenvalue weighted by molar-refractivity contribution is 6.06. The first-order chi connectivity index (χ1) is 4.70. The molecule has 0 aromatic rings. The Kier molecular flexibility index (Phi) is 3.90. The molecule has 10 heavy (non-hydrogen) atoms. The molecule has 0 heterocycles. The minimum Gasteiger partial charge on any atom is -0.285 e. The van der Waals surface area contributed by atoms with Crippen LogP contribution in [0.3, 0.4) is 0 Å². The highest BCUT2D eigenvalue weighted by Crippen LogP contribution is 1.85. The largest absolute Gasteiger partial charge is 0.285 e. The molecule has 0 aliphatic heterocycles. The first-order valence-electron chi connectivity index (χ1n) is 2.74. The van der Waals surface area contributed by atoms with Gasteiger partial charge in [0.1, 0.15) is 0 Å². The smallest absolute Gasteiger partial charge is 0.229 e. The Morgan fingerprint density at radius 3 is 2.50 bits per heavy atom. The Balaban J connectivity index is 4.22. The minimum atomic E-state index is -0.358. The molecule has 0 amide bonds. The van der Waals surface area contributed by atoms with Gasteiger partial charge in [-0.25, -0.2) is 0 Å². The summed E-state index contributed by atoms with van der Waals surface area (Å²) < 4.78 is 0. The van der Waals surface area contributed by atoms with E-state index in [1.807, 2.05) is 0 Å². The quantitative estimate of drug-likeness (QED) is 0.316. The molecule has 1 radical (unpaired) electrons. The Bertz CT molecular complexity index is 225. The molecule has 0 spiro atoms. The van der Waals surface area contributed by atoms with Crippen molar-refractivity contribution in [3.05, 3.63) is 11.6 Å². The summed E-state index contributed by atoms with van der Waals surface area (Å²) in [6.07, 6.45) is 2.73. The van der Waals surface area contributed by atoms with Crippen LogP contribution in [0.15, 0.2) is 11.6 Å². The molecule has 0 saturated heterocycles. The summed E-state index contributed by atoms with van der Waals surface area (Å²) in [5, 5.41) is 0. The molecule has 0 bridgehead atoms. The SMILES string of the molecule is CC#CC(=O)C=C(C)[C]=O. The first kappa shape index (κ1) is 8.64. The molecule has 0 fully saturated rings. The third-order valence-electron chi connectivity index (χ3n) is 0.757. The standard InChI is InChI=1S/C8H7O2/c1-3-4-8(10)5-7(2)6-9/h5H,1-2H3. The molecule has 2 nitrogen and oxygen atoms in total. The number of carbonyl (C=O) groups is 1. The molecule has 0 aliphatic rings. The Morgan fingerprint density at radius 2 is 2.10 bits per heavy atom. The molecule has 0 aliphatic carbocycles. The van der Waals surface area contributed by atoms with Gasteiger partial charge in [-0.2, -0.15) is 0 Å². The van der Waals surface area contributed by atoms with Gasteiger partial charge in [-0.05, 0) is 19.8 Å². The highest BCUT2D eigenvalue weighted by atomic mass is 16.1. The molecule has 0 atom stereocenters. The zero-order valence-electron chi connectivity index (χ0n) is 5.89. The Labute approximate surface area is 59.9 Å². The van der Waals surface area contributed by atoms with Crippen molar-refractivity contribution in [1.29, 1.82) is 0 Å². The van der Waals surface area contributed by atoms with Gasteiger partial charge in [-0.15, -0.1) is 0 Å². The predicted octanol–water partition coefficient (Wildman–Crippen LogP) is 0.635. The summed E-state index contributed by atoms with van der Waals surface area (Å²) in [4.78, 5) is 20.4. The maximum absolute atomic E-state index is 10.6. The fraction of sp³-hybridized carbons (Fsp3) is 0.250. The van der Waals surface area contributed by atoms with Crippen LogP contribution >= 0.6 is 0 Å². The third kappa shape index (κ3) is 3.62. The highest BCUT2D eigenvalue weighted by Gasteiger charge is 1.91. The van der Waals surface area contributed by atoms with E-state index >= 15 is 0 Å². The maximum Gasteiger partial charge on any atom is 0.229 e. The van der Waals surface area contributed by atoms with Crippen LogP contribution in [0.1, 0.15) is 13.8 Å². The number of ketones is 1. The first-order valence-corrected chi connectivity index (χ1v) is 2.74. The number of carbonyl (C=O) groups excluding carboxylic acids is 2. The lowest BCUT2D eigenvalue weighted by atomic mass is 10.2. The van der Waals surface area contributed by atoms with Crippen LogP contribution in [0.4, 0.5) is 0 Å². The van der Waals surface area contributed by atoms with Crippen molar-refractivity contribution in [3.63, 3.8) is 0 Å². The van der Waals surface area contributed by atoms with Gasteiger partial charge in [0, 0.05) is 11.6 Å². The summed E-state index contributed by atoms with van der Waals surface area (Å²) in [7, 11) is 0. The van der Waals surface area contributed by atoms with Gasteiger partial charge in [0.25, 0.3) is 0 Å². The lowest BCUT2D eigenvalue weighted by molar-refractivity contribution is -0.109. The van der Waals surface area contributed by atoms with Crippen molar-refractivity contribution in [2.24, 2.45) is 0 Å². The molecule has 0 rings (SSSR count). The molecule has 0 aromatic carbocycles. The van der Waals surface area contributed by atoms with Crippen LogP contribution in [-0.4, -0.2) is 12.1 Å². The molecular formula is C8H7O2. The van der Waals surface area contributed by atoms with E-state index in [0.717, 1.165) is 6.08 Å². The van der Waals surface area contributed by atoms with E-state index in [1.54, 1.807) is 13.2 Å². The second-order valence-corrected chi connectivity index (χ2v) is 1.67.